The first-order chi connectivity index (χ1) is 10.3. The van der Waals surface area contributed by atoms with E-state index in [-0.39, 0.29) is 17.4 Å². The summed E-state index contributed by atoms with van der Waals surface area (Å²) in [4.78, 5) is 16.0. The van der Waals surface area contributed by atoms with Gasteiger partial charge in [0.05, 0.1) is 12.3 Å². The van der Waals surface area contributed by atoms with Crippen LogP contribution in [0.2, 0.25) is 0 Å². The molecular weight excluding hydrogens is 276 g/mol. The van der Waals surface area contributed by atoms with Crippen molar-refractivity contribution in [2.75, 3.05) is 0 Å². The Morgan fingerprint density at radius 2 is 2.18 bits per heavy atom. The second-order valence-corrected chi connectivity index (χ2v) is 6.98. The SMILES string of the molecule is [C-]#[N+]C1=C[C@]2(C)c3nn(C)c(C#N)c3CC[C@H]2C(C)(C)C1=O. The largest absolute Gasteiger partial charge is 0.307 e. The van der Waals surface area contributed by atoms with Gasteiger partial charge in [0.1, 0.15) is 11.8 Å². The maximum Gasteiger partial charge on any atom is 0.226 e. The lowest BCUT2D eigenvalue weighted by atomic mass is 9.53. The Morgan fingerprint density at radius 1 is 1.50 bits per heavy atom. The van der Waals surface area contributed by atoms with E-state index in [1.165, 1.54) is 0 Å². The van der Waals surface area contributed by atoms with Crippen molar-refractivity contribution in [2.24, 2.45) is 18.4 Å². The Bertz CT molecular complexity index is 800. The van der Waals surface area contributed by atoms with Crippen LogP contribution in [0.5, 0.6) is 0 Å². The monoisotopic (exact) mass is 294 g/mol. The van der Waals surface area contributed by atoms with E-state index in [0.29, 0.717) is 5.69 Å². The third-order valence-electron chi connectivity index (χ3n) is 5.41. The summed E-state index contributed by atoms with van der Waals surface area (Å²) in [5.74, 6) is 0.0109. The minimum Gasteiger partial charge on any atom is -0.307 e. The summed E-state index contributed by atoms with van der Waals surface area (Å²) in [6, 6.07) is 2.22. The number of fused-ring (bicyclic) bond motifs is 3. The van der Waals surface area contributed by atoms with E-state index in [1.807, 2.05) is 20.8 Å². The molecule has 0 saturated carbocycles. The molecule has 22 heavy (non-hydrogen) atoms. The van der Waals surface area contributed by atoms with Gasteiger partial charge in [0.2, 0.25) is 5.70 Å². The molecule has 5 nitrogen and oxygen atoms in total. The van der Waals surface area contributed by atoms with Crippen LogP contribution in [-0.2, 0) is 23.7 Å². The molecule has 2 aliphatic rings. The molecule has 0 unspecified atom stereocenters. The van der Waals surface area contributed by atoms with Gasteiger partial charge in [-0.2, -0.15) is 10.4 Å². The molecule has 0 aliphatic heterocycles. The number of hydrogen-bond donors (Lipinski definition) is 0. The standard InChI is InChI=1S/C17H18N4O/c1-16(2)13-7-6-10-12(9-18)21(5)20-14(10)17(13,3)8-11(19-4)15(16)22/h8,13H,6-7H2,1-3,5H3/t13-,17-/m0/s1. The molecule has 0 saturated heterocycles. The van der Waals surface area contributed by atoms with Crippen LogP contribution in [0.15, 0.2) is 11.8 Å². The van der Waals surface area contributed by atoms with Crippen molar-refractivity contribution in [1.29, 1.82) is 5.26 Å². The predicted molar refractivity (Wildman–Crippen MR) is 80.6 cm³/mol. The molecule has 2 aliphatic carbocycles. The number of allylic oxidation sites excluding steroid dienone is 2. The number of carbonyl (C=O) groups is 1. The number of aryl methyl sites for hydroxylation is 1. The van der Waals surface area contributed by atoms with E-state index in [2.05, 4.69) is 16.0 Å². The number of Topliss-reactive ketones (excluding diaryl/α,β-unsaturated/α-hetero) is 1. The van der Waals surface area contributed by atoms with Crippen molar-refractivity contribution < 1.29 is 4.79 Å². The number of nitriles is 1. The molecule has 0 fully saturated rings. The van der Waals surface area contributed by atoms with Crippen LogP contribution < -0.4 is 0 Å². The third-order valence-corrected chi connectivity index (χ3v) is 5.41. The summed E-state index contributed by atoms with van der Waals surface area (Å²) >= 11 is 0. The minimum atomic E-state index is -0.592. The van der Waals surface area contributed by atoms with Crippen molar-refractivity contribution in [3.8, 4) is 6.07 Å². The summed E-state index contributed by atoms with van der Waals surface area (Å²) in [5.41, 5.74) is 1.53. The molecule has 0 amide bonds. The van der Waals surface area contributed by atoms with Crippen LogP contribution in [0, 0.1) is 29.2 Å². The highest BCUT2D eigenvalue weighted by molar-refractivity contribution is 6.02. The molecule has 3 rings (SSSR count). The van der Waals surface area contributed by atoms with Gasteiger partial charge in [0.15, 0.2) is 5.78 Å². The highest BCUT2D eigenvalue weighted by Gasteiger charge is 2.55. The number of nitrogens with zero attached hydrogens (tertiary/aromatic N) is 4. The Hall–Kier alpha value is -2.40. The average Bonchev–Trinajstić information content (AvgIpc) is 2.80. The first-order valence-corrected chi connectivity index (χ1v) is 7.39. The maximum atomic E-state index is 12.6. The lowest BCUT2D eigenvalue weighted by Gasteiger charge is -2.49. The molecule has 112 valence electrons. The first-order valence-electron chi connectivity index (χ1n) is 7.39. The Kier molecular flexibility index (Phi) is 2.84. The molecule has 2 atom stereocenters. The quantitative estimate of drug-likeness (QED) is 0.691. The molecule has 0 bridgehead atoms. The zero-order chi connectivity index (χ0) is 16.3. The number of hydrogen-bond acceptors (Lipinski definition) is 3. The third kappa shape index (κ3) is 1.57. The minimum absolute atomic E-state index is 0.0788. The first kappa shape index (κ1) is 14.5. The topological polar surface area (TPSA) is 63.0 Å². The normalized spacial score (nSPS) is 28.9. The Morgan fingerprint density at radius 3 is 2.77 bits per heavy atom. The molecule has 1 aromatic heterocycles. The van der Waals surface area contributed by atoms with Gasteiger partial charge < -0.3 is 4.79 Å². The highest BCUT2D eigenvalue weighted by atomic mass is 16.1. The lowest BCUT2D eigenvalue weighted by Crippen LogP contribution is -2.50. The van der Waals surface area contributed by atoms with Crippen molar-refractivity contribution in [1.82, 2.24) is 9.78 Å². The number of rotatable bonds is 0. The second kappa shape index (κ2) is 4.30. The lowest BCUT2D eigenvalue weighted by molar-refractivity contribution is -0.128. The van der Waals surface area contributed by atoms with E-state index < -0.39 is 10.8 Å². The number of carbonyl (C=O) groups excluding carboxylic acids is 1. The summed E-state index contributed by atoms with van der Waals surface area (Å²) < 4.78 is 1.62. The zero-order valence-electron chi connectivity index (χ0n) is 13.3. The van der Waals surface area contributed by atoms with E-state index >= 15 is 0 Å². The van der Waals surface area contributed by atoms with Gasteiger partial charge in [0, 0.05) is 23.4 Å². The average molecular weight is 294 g/mol. The van der Waals surface area contributed by atoms with E-state index in [4.69, 9.17) is 6.57 Å². The molecule has 0 radical (unpaired) electrons. The number of ketones is 1. The molecular formula is C17H18N4O. The molecule has 5 heteroatoms. The fraction of sp³-hybridized carbons (Fsp3) is 0.529. The van der Waals surface area contributed by atoms with Gasteiger partial charge in [-0.15, -0.1) is 0 Å². The maximum absolute atomic E-state index is 12.6. The van der Waals surface area contributed by atoms with E-state index in [0.717, 1.165) is 24.1 Å². The van der Waals surface area contributed by atoms with Crippen LogP contribution in [0.4, 0.5) is 0 Å². The van der Waals surface area contributed by atoms with Crippen LogP contribution in [0.25, 0.3) is 4.85 Å². The van der Waals surface area contributed by atoms with E-state index in [1.54, 1.807) is 17.8 Å². The van der Waals surface area contributed by atoms with E-state index in [9.17, 15) is 10.1 Å². The molecule has 0 aromatic carbocycles. The summed E-state index contributed by atoms with van der Waals surface area (Å²) in [5, 5.41) is 13.9. The van der Waals surface area contributed by atoms with Gasteiger partial charge in [-0.25, -0.2) is 4.85 Å². The second-order valence-electron chi connectivity index (χ2n) is 6.98. The van der Waals surface area contributed by atoms with Gasteiger partial charge in [-0.05, 0) is 18.8 Å². The summed E-state index contributed by atoms with van der Waals surface area (Å²) in [6.07, 6.45) is 3.36. The molecule has 1 aromatic rings. The fourth-order valence-corrected chi connectivity index (χ4v) is 4.33. The van der Waals surface area contributed by atoms with Gasteiger partial charge in [-0.1, -0.05) is 26.8 Å². The van der Waals surface area contributed by atoms with Gasteiger partial charge in [0.25, 0.3) is 0 Å². The van der Waals surface area contributed by atoms with Crippen molar-refractivity contribution in [3.05, 3.63) is 40.1 Å². The van der Waals surface area contributed by atoms with Crippen molar-refractivity contribution in [2.45, 2.75) is 39.0 Å². The van der Waals surface area contributed by atoms with Gasteiger partial charge >= 0.3 is 0 Å². The van der Waals surface area contributed by atoms with Crippen LogP contribution in [-0.4, -0.2) is 15.6 Å². The zero-order valence-corrected chi connectivity index (χ0v) is 13.3. The predicted octanol–water partition coefficient (Wildman–Crippen LogP) is 2.52. The molecule has 1 heterocycles. The smallest absolute Gasteiger partial charge is 0.226 e. The van der Waals surface area contributed by atoms with Crippen LogP contribution >= 0.6 is 0 Å². The number of aromatic nitrogens is 2. The van der Waals surface area contributed by atoms with Crippen molar-refractivity contribution in [3.63, 3.8) is 0 Å². The Labute approximate surface area is 130 Å². The van der Waals surface area contributed by atoms with Crippen LogP contribution in [0.1, 0.15) is 44.1 Å². The summed E-state index contributed by atoms with van der Waals surface area (Å²) in [6.45, 7) is 13.2. The highest BCUT2D eigenvalue weighted by Crippen LogP contribution is 2.54. The fourth-order valence-electron chi connectivity index (χ4n) is 4.33. The van der Waals surface area contributed by atoms with Gasteiger partial charge in [-0.3, -0.25) is 4.68 Å². The van der Waals surface area contributed by atoms with Crippen molar-refractivity contribution >= 4 is 5.78 Å². The molecule has 0 N–H and O–H groups in total. The van der Waals surface area contributed by atoms with Crippen LogP contribution in [0.3, 0.4) is 0 Å². The molecule has 0 spiro atoms. The summed E-state index contributed by atoms with van der Waals surface area (Å²) in [7, 11) is 1.77. The Balaban J connectivity index is 2.32.